The maximum atomic E-state index is 5.96. The van der Waals surface area contributed by atoms with Gasteiger partial charge in [0, 0.05) is 0 Å². The Morgan fingerprint density at radius 1 is 1.42 bits per heavy atom. The fourth-order valence-corrected chi connectivity index (χ4v) is 1.22. The average Bonchev–Trinajstić information content (AvgIpc) is 2.48. The van der Waals surface area contributed by atoms with Crippen LogP contribution in [-0.4, -0.2) is 19.6 Å². The third-order valence-electron chi connectivity index (χ3n) is 1.75. The van der Waals surface area contributed by atoms with Gasteiger partial charge in [0.2, 0.25) is 0 Å². The molecule has 0 N–H and O–H groups in total. The van der Waals surface area contributed by atoms with Crippen LogP contribution in [0.25, 0.3) is 5.78 Å². The summed E-state index contributed by atoms with van der Waals surface area (Å²) in [5.74, 6) is 0.592. The van der Waals surface area contributed by atoms with Crippen molar-refractivity contribution in [1.82, 2.24) is 19.6 Å². The van der Waals surface area contributed by atoms with E-state index in [0.717, 1.165) is 11.4 Å². The number of hydrogen-bond donors (Lipinski definition) is 0. The molecule has 5 heteroatoms. The molecule has 0 bridgehead atoms. The molecule has 2 aromatic rings. The van der Waals surface area contributed by atoms with E-state index in [1.54, 1.807) is 4.52 Å². The van der Waals surface area contributed by atoms with Crippen molar-refractivity contribution in [2.75, 3.05) is 0 Å². The number of hydrogen-bond acceptors (Lipinski definition) is 3. The molecule has 0 fully saturated rings. The van der Waals surface area contributed by atoms with E-state index in [1.807, 2.05) is 13.8 Å². The van der Waals surface area contributed by atoms with Crippen molar-refractivity contribution < 1.29 is 0 Å². The third-order valence-corrected chi connectivity index (χ3v) is 2.30. The van der Waals surface area contributed by atoms with Crippen molar-refractivity contribution in [2.24, 2.45) is 0 Å². The molecule has 62 valence electrons. The summed E-state index contributed by atoms with van der Waals surface area (Å²) in [4.78, 5) is 8.12. The highest BCUT2D eigenvalue weighted by atomic mass is 35.5. The number of halogens is 1. The minimum Gasteiger partial charge on any atom is -0.215 e. The molecular formula is C7H7ClN4. The summed E-state index contributed by atoms with van der Waals surface area (Å²) in [6, 6.07) is 0. The van der Waals surface area contributed by atoms with E-state index in [9.17, 15) is 0 Å². The first kappa shape index (κ1) is 7.49. The second kappa shape index (κ2) is 2.42. The summed E-state index contributed by atoms with van der Waals surface area (Å²) < 4.78 is 1.62. The quantitative estimate of drug-likeness (QED) is 0.619. The molecule has 0 amide bonds. The minimum atomic E-state index is 0.592. The Kier molecular flexibility index (Phi) is 1.51. The van der Waals surface area contributed by atoms with Gasteiger partial charge in [-0.15, -0.1) is 0 Å². The Labute approximate surface area is 74.2 Å². The largest absolute Gasteiger partial charge is 0.252 e. The first-order chi connectivity index (χ1) is 5.70. The molecule has 0 aromatic carbocycles. The van der Waals surface area contributed by atoms with Crippen molar-refractivity contribution in [3.05, 3.63) is 22.7 Å². The molecule has 0 aliphatic rings. The fourth-order valence-electron chi connectivity index (χ4n) is 1.10. The Morgan fingerprint density at radius 2 is 2.17 bits per heavy atom. The molecule has 0 radical (unpaired) electrons. The van der Waals surface area contributed by atoms with Gasteiger partial charge in [0.05, 0.1) is 16.4 Å². The molecule has 0 saturated heterocycles. The molecule has 0 spiro atoms. The topological polar surface area (TPSA) is 43.1 Å². The van der Waals surface area contributed by atoms with E-state index < -0.39 is 0 Å². The highest BCUT2D eigenvalue weighted by Gasteiger charge is 2.07. The van der Waals surface area contributed by atoms with Crippen LogP contribution in [0.2, 0.25) is 5.02 Å². The van der Waals surface area contributed by atoms with Gasteiger partial charge in [0.1, 0.15) is 6.33 Å². The Balaban J connectivity index is 2.94. The van der Waals surface area contributed by atoms with Gasteiger partial charge < -0.3 is 0 Å². The molecule has 0 saturated carbocycles. The van der Waals surface area contributed by atoms with Crippen molar-refractivity contribution >= 4 is 17.4 Å². The molecule has 2 rings (SSSR count). The zero-order valence-electron chi connectivity index (χ0n) is 6.74. The van der Waals surface area contributed by atoms with E-state index in [-0.39, 0.29) is 0 Å². The lowest BCUT2D eigenvalue weighted by Gasteiger charge is -2.02. The minimum absolute atomic E-state index is 0.592. The first-order valence-corrected chi connectivity index (χ1v) is 3.90. The first-order valence-electron chi connectivity index (χ1n) is 3.52. The van der Waals surface area contributed by atoms with Crippen LogP contribution in [-0.2, 0) is 0 Å². The molecule has 2 heterocycles. The lowest BCUT2D eigenvalue weighted by atomic mass is 10.3. The second-order valence-corrected chi connectivity index (χ2v) is 2.95. The average molecular weight is 183 g/mol. The number of nitrogens with zero attached hydrogens (tertiary/aromatic N) is 4. The van der Waals surface area contributed by atoms with Crippen molar-refractivity contribution in [3.63, 3.8) is 0 Å². The van der Waals surface area contributed by atoms with Crippen molar-refractivity contribution in [2.45, 2.75) is 13.8 Å². The maximum Gasteiger partial charge on any atom is 0.252 e. The summed E-state index contributed by atoms with van der Waals surface area (Å²) in [5, 5.41) is 4.63. The van der Waals surface area contributed by atoms with Crippen LogP contribution in [0.3, 0.4) is 0 Å². The number of aromatic nitrogens is 4. The van der Waals surface area contributed by atoms with Gasteiger partial charge in [-0.2, -0.15) is 10.1 Å². The van der Waals surface area contributed by atoms with Crippen LogP contribution in [0.5, 0.6) is 0 Å². The summed E-state index contributed by atoms with van der Waals surface area (Å²) in [7, 11) is 0. The van der Waals surface area contributed by atoms with E-state index in [1.165, 1.54) is 6.33 Å². The zero-order valence-corrected chi connectivity index (χ0v) is 7.50. The predicted octanol–water partition coefficient (Wildman–Crippen LogP) is 1.39. The maximum absolute atomic E-state index is 5.96. The molecular weight excluding hydrogens is 176 g/mol. The summed E-state index contributed by atoms with van der Waals surface area (Å²) in [6.45, 7) is 3.74. The van der Waals surface area contributed by atoms with Crippen LogP contribution in [0.4, 0.5) is 0 Å². The molecule has 0 aliphatic heterocycles. The number of rotatable bonds is 0. The van der Waals surface area contributed by atoms with Gasteiger partial charge >= 0.3 is 0 Å². The molecule has 0 unspecified atom stereocenters. The van der Waals surface area contributed by atoms with Crippen LogP contribution in [0.1, 0.15) is 11.4 Å². The second-order valence-electron chi connectivity index (χ2n) is 2.57. The normalized spacial score (nSPS) is 10.9. The van der Waals surface area contributed by atoms with Crippen LogP contribution < -0.4 is 0 Å². The third kappa shape index (κ3) is 0.881. The van der Waals surface area contributed by atoms with Crippen LogP contribution in [0.15, 0.2) is 6.33 Å². The predicted molar refractivity (Wildman–Crippen MR) is 45.3 cm³/mol. The standard InChI is InChI=1S/C7H7ClN4/c1-4-6(8)5(2)12-7(11-4)9-3-10-12/h3H,1-2H3. The summed E-state index contributed by atoms with van der Waals surface area (Å²) in [5.41, 5.74) is 1.66. The van der Waals surface area contributed by atoms with Gasteiger partial charge in [0.25, 0.3) is 5.78 Å². The SMILES string of the molecule is Cc1nc2ncnn2c(C)c1Cl. The smallest absolute Gasteiger partial charge is 0.215 e. The Hall–Kier alpha value is -1.16. The molecule has 0 aliphatic carbocycles. The summed E-state index contributed by atoms with van der Waals surface area (Å²) >= 11 is 5.96. The van der Waals surface area contributed by atoms with Crippen LogP contribution in [0, 0.1) is 13.8 Å². The van der Waals surface area contributed by atoms with Crippen molar-refractivity contribution in [3.8, 4) is 0 Å². The molecule has 2 aromatic heterocycles. The highest BCUT2D eigenvalue weighted by molar-refractivity contribution is 6.31. The molecule has 4 nitrogen and oxygen atoms in total. The Morgan fingerprint density at radius 3 is 2.92 bits per heavy atom. The van der Waals surface area contributed by atoms with Gasteiger partial charge in [-0.3, -0.25) is 0 Å². The van der Waals surface area contributed by atoms with E-state index in [4.69, 9.17) is 11.6 Å². The number of aryl methyl sites for hydroxylation is 2. The lowest BCUT2D eigenvalue weighted by Crippen LogP contribution is -1.99. The number of fused-ring (bicyclic) bond motifs is 1. The highest BCUT2D eigenvalue weighted by Crippen LogP contribution is 2.17. The van der Waals surface area contributed by atoms with E-state index in [2.05, 4.69) is 15.1 Å². The zero-order chi connectivity index (χ0) is 8.72. The van der Waals surface area contributed by atoms with Crippen LogP contribution >= 0.6 is 11.6 Å². The van der Waals surface area contributed by atoms with E-state index >= 15 is 0 Å². The Bertz CT molecular complexity index is 434. The van der Waals surface area contributed by atoms with E-state index in [0.29, 0.717) is 10.8 Å². The van der Waals surface area contributed by atoms with Gasteiger partial charge in [-0.1, -0.05) is 11.6 Å². The molecule has 12 heavy (non-hydrogen) atoms. The van der Waals surface area contributed by atoms with Gasteiger partial charge in [0.15, 0.2) is 0 Å². The van der Waals surface area contributed by atoms with Gasteiger partial charge in [-0.25, -0.2) is 9.50 Å². The molecule has 0 atom stereocenters. The van der Waals surface area contributed by atoms with Crippen molar-refractivity contribution in [1.29, 1.82) is 0 Å². The summed E-state index contributed by atoms with van der Waals surface area (Å²) in [6.07, 6.45) is 1.46. The lowest BCUT2D eigenvalue weighted by molar-refractivity contribution is 0.885. The van der Waals surface area contributed by atoms with Gasteiger partial charge in [-0.05, 0) is 13.8 Å². The fraction of sp³-hybridized carbons (Fsp3) is 0.286. The monoisotopic (exact) mass is 182 g/mol.